The Kier molecular flexibility index (Phi) is 7.74. The van der Waals surface area contributed by atoms with Crippen molar-refractivity contribution in [3.05, 3.63) is 65.2 Å². The van der Waals surface area contributed by atoms with E-state index in [1.807, 2.05) is 49.4 Å². The molecule has 0 radical (unpaired) electrons. The first-order valence-corrected chi connectivity index (χ1v) is 11.7. The highest BCUT2D eigenvalue weighted by Gasteiger charge is 2.34. The van der Waals surface area contributed by atoms with Gasteiger partial charge in [0.25, 0.3) is 0 Å². The van der Waals surface area contributed by atoms with Crippen LogP contribution in [0.3, 0.4) is 0 Å². The van der Waals surface area contributed by atoms with E-state index < -0.39 is 17.9 Å². The lowest BCUT2D eigenvalue weighted by atomic mass is 10.1. The minimum Gasteiger partial charge on any atom is -0.468 e. The highest BCUT2D eigenvalue weighted by Crippen LogP contribution is 2.35. The summed E-state index contributed by atoms with van der Waals surface area (Å²) in [7, 11) is 1.05. The maximum absolute atomic E-state index is 12.2. The SMILES string of the molecule is COC(=O)CN(Oc1cccc2ccccc12)POCC1CC(C)C(n2ccc(N)nc2=O)O1. The molecule has 2 N–H and O–H groups in total. The lowest BCUT2D eigenvalue weighted by molar-refractivity contribution is -0.145. The summed E-state index contributed by atoms with van der Waals surface area (Å²) < 4.78 is 18.2. The molecule has 0 spiro atoms. The van der Waals surface area contributed by atoms with Crippen LogP contribution in [-0.4, -0.2) is 46.7 Å². The molecule has 1 aliphatic heterocycles. The number of benzene rings is 2. The summed E-state index contributed by atoms with van der Waals surface area (Å²) in [6.45, 7) is 2.17. The zero-order valence-corrected chi connectivity index (χ0v) is 19.9. The molecule has 1 aliphatic rings. The zero-order chi connectivity index (χ0) is 24.1. The summed E-state index contributed by atoms with van der Waals surface area (Å²) in [5.41, 5.74) is 5.13. The highest BCUT2D eigenvalue weighted by molar-refractivity contribution is 7.29. The zero-order valence-electron chi connectivity index (χ0n) is 18.9. The average molecular weight is 486 g/mol. The van der Waals surface area contributed by atoms with E-state index in [2.05, 4.69) is 4.98 Å². The summed E-state index contributed by atoms with van der Waals surface area (Å²) in [4.78, 5) is 35.3. The number of ether oxygens (including phenoxy) is 2. The Hall–Kier alpha value is -3.04. The quantitative estimate of drug-likeness (QED) is 0.277. The first-order chi connectivity index (χ1) is 16.4. The van der Waals surface area contributed by atoms with E-state index in [0.29, 0.717) is 12.2 Å². The van der Waals surface area contributed by atoms with E-state index in [-0.39, 0.29) is 39.9 Å². The Morgan fingerprint density at radius 3 is 2.85 bits per heavy atom. The van der Waals surface area contributed by atoms with Gasteiger partial charge in [-0.25, -0.2) is 4.79 Å². The predicted molar refractivity (Wildman–Crippen MR) is 128 cm³/mol. The second kappa shape index (κ2) is 10.9. The Labute approximate surface area is 198 Å². The number of nitrogens with zero attached hydrogens (tertiary/aromatic N) is 3. The molecule has 0 aliphatic carbocycles. The number of esters is 1. The molecule has 34 heavy (non-hydrogen) atoms. The van der Waals surface area contributed by atoms with Gasteiger partial charge >= 0.3 is 11.7 Å². The number of rotatable bonds is 9. The molecule has 2 heterocycles. The number of hydroxylamine groups is 1. The van der Waals surface area contributed by atoms with E-state index in [0.717, 1.165) is 10.8 Å². The van der Waals surface area contributed by atoms with Crippen molar-refractivity contribution in [1.29, 1.82) is 0 Å². The largest absolute Gasteiger partial charge is 0.468 e. The third-order valence-corrected chi connectivity index (χ3v) is 6.22. The minimum absolute atomic E-state index is 0.0816. The number of aromatic nitrogens is 2. The smallest absolute Gasteiger partial charge is 0.351 e. The van der Waals surface area contributed by atoms with Crippen LogP contribution < -0.4 is 16.3 Å². The van der Waals surface area contributed by atoms with Crippen molar-refractivity contribution >= 4 is 31.5 Å². The average Bonchev–Trinajstić information content (AvgIpc) is 3.19. The maximum Gasteiger partial charge on any atom is 0.351 e. The minimum atomic E-state index is -0.451. The molecule has 2 aromatic carbocycles. The van der Waals surface area contributed by atoms with Gasteiger partial charge < -0.3 is 24.6 Å². The van der Waals surface area contributed by atoms with E-state index in [4.69, 9.17) is 24.6 Å². The molecule has 4 unspecified atom stereocenters. The second-order valence-electron chi connectivity index (χ2n) is 7.99. The molecule has 4 atom stereocenters. The maximum atomic E-state index is 12.2. The van der Waals surface area contributed by atoms with Crippen LogP contribution in [0, 0.1) is 5.92 Å². The van der Waals surface area contributed by atoms with Gasteiger partial charge in [-0.1, -0.05) is 48.2 Å². The fraction of sp³-hybridized carbons (Fsp3) is 0.348. The number of nitrogens with two attached hydrogens (primary N) is 1. The molecule has 10 nitrogen and oxygen atoms in total. The van der Waals surface area contributed by atoms with Crippen LogP contribution in [0.15, 0.2) is 59.5 Å². The van der Waals surface area contributed by atoms with E-state index in [9.17, 15) is 9.59 Å². The molecule has 0 amide bonds. The third kappa shape index (κ3) is 5.71. The summed E-state index contributed by atoms with van der Waals surface area (Å²) in [6.07, 6.45) is 1.62. The summed E-state index contributed by atoms with van der Waals surface area (Å²) in [6, 6.07) is 15.1. The number of hydrogen-bond acceptors (Lipinski definition) is 9. The standard InChI is InChI=1S/C23H27N4O6P/c1-15-12-17(32-22(15)26-11-10-20(24)25-23(26)29)14-31-34-27(13-21(28)30-2)33-19-9-5-7-16-6-3-4-8-18(16)19/h3-11,15,17,22,34H,12-14H2,1-2H3,(H2,24,25,29). The molecular formula is C23H27N4O6P. The lowest BCUT2D eigenvalue weighted by Gasteiger charge is -2.22. The summed E-state index contributed by atoms with van der Waals surface area (Å²) in [5.74, 6) is 0.416. The van der Waals surface area contributed by atoms with E-state index in [1.54, 1.807) is 12.3 Å². The topological polar surface area (TPSA) is 118 Å². The van der Waals surface area contributed by atoms with E-state index >= 15 is 0 Å². The fourth-order valence-electron chi connectivity index (χ4n) is 3.85. The van der Waals surface area contributed by atoms with Crippen LogP contribution in [0.5, 0.6) is 5.75 Å². The van der Waals surface area contributed by atoms with Crippen LogP contribution >= 0.6 is 8.96 Å². The molecule has 1 saturated heterocycles. The van der Waals surface area contributed by atoms with Crippen molar-refractivity contribution in [3.8, 4) is 5.75 Å². The normalized spacial score (nSPS) is 20.4. The van der Waals surface area contributed by atoms with Gasteiger partial charge in [0.05, 0.1) is 19.8 Å². The van der Waals surface area contributed by atoms with Gasteiger partial charge in [-0.2, -0.15) is 4.98 Å². The summed E-state index contributed by atoms with van der Waals surface area (Å²) in [5, 5.41) is 1.94. The number of methoxy groups -OCH3 is 1. The third-order valence-electron chi connectivity index (χ3n) is 5.47. The number of nitrogen functional groups attached to an aromatic ring is 1. The Morgan fingerprint density at radius 1 is 1.26 bits per heavy atom. The van der Waals surface area contributed by atoms with Crippen molar-refractivity contribution in [2.75, 3.05) is 26.0 Å². The molecule has 3 aromatic rings. The Bertz CT molecular complexity index is 1200. The monoisotopic (exact) mass is 486 g/mol. The van der Waals surface area contributed by atoms with Gasteiger partial charge in [0.2, 0.25) is 0 Å². The molecule has 1 aromatic heterocycles. The summed E-state index contributed by atoms with van der Waals surface area (Å²) >= 11 is 0. The van der Waals surface area contributed by atoms with Gasteiger partial charge in [0.15, 0.2) is 5.75 Å². The van der Waals surface area contributed by atoms with Crippen LogP contribution in [0.25, 0.3) is 10.8 Å². The number of hydrogen-bond donors (Lipinski definition) is 1. The number of fused-ring (bicyclic) bond motifs is 1. The van der Waals surface area contributed by atoms with Crippen LogP contribution in [0.1, 0.15) is 19.6 Å². The van der Waals surface area contributed by atoms with Gasteiger partial charge in [0.1, 0.15) is 27.5 Å². The highest BCUT2D eigenvalue weighted by atomic mass is 31.1. The van der Waals surface area contributed by atoms with Gasteiger partial charge in [0, 0.05) is 17.5 Å². The Morgan fingerprint density at radius 2 is 2.06 bits per heavy atom. The van der Waals surface area contributed by atoms with Crippen LogP contribution in [0.4, 0.5) is 5.82 Å². The number of anilines is 1. The Balaban J connectivity index is 1.38. The molecule has 0 saturated carbocycles. The second-order valence-corrected chi connectivity index (χ2v) is 8.96. The lowest BCUT2D eigenvalue weighted by Crippen LogP contribution is -2.30. The predicted octanol–water partition coefficient (Wildman–Crippen LogP) is 2.90. The molecule has 4 rings (SSSR count). The first-order valence-electron chi connectivity index (χ1n) is 10.8. The van der Waals surface area contributed by atoms with Crippen LogP contribution in [-0.2, 0) is 18.8 Å². The molecule has 1 fully saturated rings. The molecule has 0 bridgehead atoms. The molecule has 11 heteroatoms. The first kappa shape index (κ1) is 24.1. The van der Waals surface area contributed by atoms with Crippen molar-refractivity contribution in [2.24, 2.45) is 5.92 Å². The van der Waals surface area contributed by atoms with Crippen molar-refractivity contribution in [2.45, 2.75) is 25.7 Å². The van der Waals surface area contributed by atoms with Crippen molar-refractivity contribution < 1.29 is 23.6 Å². The molecule has 180 valence electrons. The van der Waals surface area contributed by atoms with Gasteiger partial charge in [-0.15, -0.1) is 0 Å². The van der Waals surface area contributed by atoms with E-state index in [1.165, 1.54) is 16.5 Å². The van der Waals surface area contributed by atoms with Crippen molar-refractivity contribution in [3.63, 3.8) is 0 Å². The molecular weight excluding hydrogens is 459 g/mol. The fourth-order valence-corrected chi connectivity index (χ4v) is 4.58. The van der Waals surface area contributed by atoms with Crippen molar-refractivity contribution in [1.82, 2.24) is 14.4 Å². The number of carbonyl (C=O) groups is 1. The van der Waals surface area contributed by atoms with Gasteiger partial charge in [-0.3, -0.25) is 9.36 Å². The van der Waals surface area contributed by atoms with Crippen LogP contribution in [0.2, 0.25) is 0 Å². The van der Waals surface area contributed by atoms with Gasteiger partial charge in [-0.05, 0) is 23.9 Å². The number of carbonyl (C=O) groups excluding carboxylic acids is 1.